The van der Waals surface area contributed by atoms with Gasteiger partial charge in [-0.25, -0.2) is 4.98 Å². The number of carbonyl (C=O) groups is 1. The molecule has 9 heteroatoms. The van der Waals surface area contributed by atoms with E-state index in [-0.39, 0.29) is 11.9 Å². The maximum absolute atomic E-state index is 13.6. The molecule has 0 spiro atoms. The van der Waals surface area contributed by atoms with E-state index in [0.717, 1.165) is 35.5 Å². The van der Waals surface area contributed by atoms with Crippen molar-refractivity contribution in [1.29, 1.82) is 0 Å². The maximum Gasteiger partial charge on any atom is 0.252 e. The van der Waals surface area contributed by atoms with Crippen LogP contribution >= 0.6 is 0 Å². The van der Waals surface area contributed by atoms with E-state index in [4.69, 9.17) is 18.9 Å². The SMILES string of the molecule is COc1ccc([C@@H](CNC(=O)c2cc(-c3ccco3)nc3c2c(C)nn3C)N2CCOCC2)cc1. The van der Waals surface area contributed by atoms with E-state index in [0.29, 0.717) is 42.4 Å². The number of carbonyl (C=O) groups excluding carboxylic acids is 1. The summed E-state index contributed by atoms with van der Waals surface area (Å²) in [6, 6.07) is 13.4. The molecule has 1 saturated heterocycles. The van der Waals surface area contributed by atoms with E-state index in [9.17, 15) is 4.79 Å². The van der Waals surface area contributed by atoms with E-state index < -0.39 is 0 Å². The van der Waals surface area contributed by atoms with Crippen LogP contribution in [0.1, 0.15) is 27.7 Å². The first-order valence-electron chi connectivity index (χ1n) is 11.7. The highest BCUT2D eigenvalue weighted by Crippen LogP contribution is 2.28. The summed E-state index contributed by atoms with van der Waals surface area (Å²) in [6.45, 7) is 5.29. The Morgan fingerprint density at radius 1 is 1.20 bits per heavy atom. The quantitative estimate of drug-likeness (QED) is 0.438. The number of aryl methyl sites for hydroxylation is 2. The fourth-order valence-corrected chi connectivity index (χ4v) is 4.63. The van der Waals surface area contributed by atoms with Crippen LogP contribution in [0.3, 0.4) is 0 Å². The number of furan rings is 1. The first-order chi connectivity index (χ1) is 17.0. The second kappa shape index (κ2) is 9.89. The first kappa shape index (κ1) is 23.1. The van der Waals surface area contributed by atoms with Crippen LogP contribution in [-0.4, -0.2) is 65.5 Å². The third kappa shape index (κ3) is 4.65. The van der Waals surface area contributed by atoms with Crippen molar-refractivity contribution in [3.05, 3.63) is 65.5 Å². The second-order valence-electron chi connectivity index (χ2n) is 8.59. The molecule has 0 aliphatic carbocycles. The predicted molar refractivity (Wildman–Crippen MR) is 131 cm³/mol. The molecule has 5 rings (SSSR count). The van der Waals surface area contributed by atoms with Gasteiger partial charge in [-0.1, -0.05) is 12.1 Å². The van der Waals surface area contributed by atoms with Gasteiger partial charge in [0.05, 0.1) is 49.3 Å². The van der Waals surface area contributed by atoms with E-state index in [2.05, 4.69) is 27.4 Å². The lowest BCUT2D eigenvalue weighted by Crippen LogP contribution is -2.43. The number of benzene rings is 1. The second-order valence-corrected chi connectivity index (χ2v) is 8.59. The molecule has 0 bridgehead atoms. The zero-order valence-electron chi connectivity index (χ0n) is 20.2. The lowest BCUT2D eigenvalue weighted by Gasteiger charge is -2.35. The summed E-state index contributed by atoms with van der Waals surface area (Å²) in [4.78, 5) is 20.6. The average molecular weight is 476 g/mol. The van der Waals surface area contributed by atoms with Crippen molar-refractivity contribution in [2.24, 2.45) is 7.05 Å². The summed E-state index contributed by atoms with van der Waals surface area (Å²) in [5.74, 6) is 1.23. The molecule has 1 atom stereocenters. The lowest BCUT2D eigenvalue weighted by molar-refractivity contribution is 0.0162. The number of fused-ring (bicyclic) bond motifs is 1. The summed E-state index contributed by atoms with van der Waals surface area (Å²) >= 11 is 0. The normalized spacial score (nSPS) is 15.3. The zero-order chi connectivity index (χ0) is 24.4. The molecule has 35 heavy (non-hydrogen) atoms. The number of amides is 1. The van der Waals surface area contributed by atoms with Crippen LogP contribution in [0.5, 0.6) is 5.75 Å². The predicted octanol–water partition coefficient (Wildman–Crippen LogP) is 3.35. The van der Waals surface area contributed by atoms with Crippen molar-refractivity contribution >= 4 is 16.9 Å². The Hall–Kier alpha value is -3.69. The Morgan fingerprint density at radius 2 is 1.97 bits per heavy atom. The Labute approximate surface area is 203 Å². The fourth-order valence-electron chi connectivity index (χ4n) is 4.63. The molecule has 9 nitrogen and oxygen atoms in total. The Bertz CT molecular complexity index is 1310. The van der Waals surface area contributed by atoms with Crippen LogP contribution < -0.4 is 10.1 Å². The number of ether oxygens (including phenoxy) is 2. The van der Waals surface area contributed by atoms with E-state index >= 15 is 0 Å². The molecule has 1 aromatic carbocycles. The van der Waals surface area contributed by atoms with Crippen LogP contribution in [0, 0.1) is 6.92 Å². The summed E-state index contributed by atoms with van der Waals surface area (Å²) < 4.78 is 18.1. The van der Waals surface area contributed by atoms with Gasteiger partial charge in [0.1, 0.15) is 11.4 Å². The Morgan fingerprint density at radius 3 is 2.66 bits per heavy atom. The van der Waals surface area contributed by atoms with Crippen molar-refractivity contribution in [2.75, 3.05) is 40.0 Å². The molecule has 1 fully saturated rings. The fraction of sp³-hybridized carbons (Fsp3) is 0.346. The molecule has 1 N–H and O–H groups in total. The Balaban J connectivity index is 1.45. The minimum Gasteiger partial charge on any atom is -0.497 e. The van der Waals surface area contributed by atoms with Crippen LogP contribution in [-0.2, 0) is 11.8 Å². The number of aromatic nitrogens is 3. The van der Waals surface area contributed by atoms with Crippen molar-refractivity contribution < 1.29 is 18.7 Å². The molecule has 4 aromatic rings. The van der Waals surface area contributed by atoms with Crippen molar-refractivity contribution in [3.8, 4) is 17.2 Å². The van der Waals surface area contributed by atoms with E-state index in [1.807, 2.05) is 32.2 Å². The van der Waals surface area contributed by atoms with Crippen LogP contribution in [0.2, 0.25) is 0 Å². The molecule has 182 valence electrons. The molecule has 0 saturated carbocycles. The smallest absolute Gasteiger partial charge is 0.252 e. The van der Waals surface area contributed by atoms with Crippen molar-refractivity contribution in [2.45, 2.75) is 13.0 Å². The number of nitrogens with one attached hydrogen (secondary N) is 1. The molecule has 1 amide bonds. The zero-order valence-corrected chi connectivity index (χ0v) is 20.2. The Kier molecular flexibility index (Phi) is 6.52. The van der Waals surface area contributed by atoms with Gasteiger partial charge in [-0.05, 0) is 42.8 Å². The molecule has 1 aliphatic rings. The molecule has 4 heterocycles. The number of nitrogens with zero attached hydrogens (tertiary/aromatic N) is 4. The number of methoxy groups -OCH3 is 1. The van der Waals surface area contributed by atoms with E-state index in [1.54, 1.807) is 30.2 Å². The summed E-state index contributed by atoms with van der Waals surface area (Å²) in [7, 11) is 3.48. The number of pyridine rings is 1. The standard InChI is InChI=1S/C26H29N5O4/c1-17-24-20(15-21(23-5-4-12-35-23)28-25(24)30(2)29-17)26(32)27-16-22(31-10-13-34-14-11-31)18-6-8-19(33-3)9-7-18/h4-9,12,15,22H,10-11,13-14,16H2,1-3H3,(H,27,32)/t22-/m1/s1. The number of hydrogen-bond donors (Lipinski definition) is 1. The minimum absolute atomic E-state index is 0.00521. The topological polar surface area (TPSA) is 94.7 Å². The first-order valence-corrected chi connectivity index (χ1v) is 11.7. The summed E-state index contributed by atoms with van der Waals surface area (Å²) in [5, 5.41) is 8.42. The van der Waals surface area contributed by atoms with Crippen molar-refractivity contribution in [1.82, 2.24) is 25.0 Å². The number of rotatable bonds is 7. The third-order valence-corrected chi connectivity index (χ3v) is 6.43. The van der Waals surface area contributed by atoms with Crippen LogP contribution in [0.15, 0.2) is 53.1 Å². The van der Waals surface area contributed by atoms with Crippen LogP contribution in [0.25, 0.3) is 22.5 Å². The number of morpholine rings is 1. The molecule has 0 radical (unpaired) electrons. The highest BCUT2D eigenvalue weighted by molar-refractivity contribution is 6.07. The minimum atomic E-state index is -0.173. The lowest BCUT2D eigenvalue weighted by atomic mass is 10.0. The monoisotopic (exact) mass is 475 g/mol. The maximum atomic E-state index is 13.6. The van der Waals surface area contributed by atoms with Gasteiger partial charge in [-0.3, -0.25) is 14.4 Å². The summed E-state index contributed by atoms with van der Waals surface area (Å²) in [5.41, 5.74) is 3.63. The van der Waals surface area contributed by atoms with Gasteiger partial charge in [0.2, 0.25) is 0 Å². The molecule has 0 unspecified atom stereocenters. The molecule has 3 aromatic heterocycles. The van der Waals surface area contributed by atoms with Gasteiger partial charge in [0.15, 0.2) is 11.4 Å². The molecule has 1 aliphatic heterocycles. The van der Waals surface area contributed by atoms with Gasteiger partial charge >= 0.3 is 0 Å². The van der Waals surface area contributed by atoms with Gasteiger partial charge in [-0.2, -0.15) is 5.10 Å². The van der Waals surface area contributed by atoms with Gasteiger partial charge < -0.3 is 19.2 Å². The van der Waals surface area contributed by atoms with Crippen molar-refractivity contribution in [3.63, 3.8) is 0 Å². The van der Waals surface area contributed by atoms with Gasteiger partial charge in [-0.15, -0.1) is 0 Å². The van der Waals surface area contributed by atoms with Crippen LogP contribution in [0.4, 0.5) is 0 Å². The molecular formula is C26H29N5O4. The number of hydrogen-bond acceptors (Lipinski definition) is 7. The van der Waals surface area contributed by atoms with Gasteiger partial charge in [0, 0.05) is 26.7 Å². The molecular weight excluding hydrogens is 446 g/mol. The average Bonchev–Trinajstić information content (AvgIpc) is 3.53. The highest BCUT2D eigenvalue weighted by atomic mass is 16.5. The highest BCUT2D eigenvalue weighted by Gasteiger charge is 2.25. The van der Waals surface area contributed by atoms with Gasteiger partial charge in [0.25, 0.3) is 5.91 Å². The van der Waals surface area contributed by atoms with E-state index in [1.165, 1.54) is 0 Å². The largest absolute Gasteiger partial charge is 0.497 e. The summed E-state index contributed by atoms with van der Waals surface area (Å²) in [6.07, 6.45) is 1.59. The third-order valence-electron chi connectivity index (χ3n) is 6.43.